The van der Waals surface area contributed by atoms with Gasteiger partial charge >= 0.3 is 6.03 Å². The fourth-order valence-electron chi connectivity index (χ4n) is 3.45. The van der Waals surface area contributed by atoms with Gasteiger partial charge in [-0.1, -0.05) is 60.9 Å². The summed E-state index contributed by atoms with van der Waals surface area (Å²) in [5.41, 5.74) is -0.535. The number of urea groups is 1. The van der Waals surface area contributed by atoms with E-state index in [4.69, 9.17) is 0 Å². The lowest BCUT2D eigenvalue weighted by molar-refractivity contribution is -0.131. The van der Waals surface area contributed by atoms with Crippen LogP contribution in [-0.4, -0.2) is 34.3 Å². The number of nitrogens with one attached hydrogen (secondary N) is 1. The van der Waals surface area contributed by atoms with Crippen LogP contribution >= 0.6 is 15.9 Å². The van der Waals surface area contributed by atoms with Crippen molar-refractivity contribution >= 4 is 27.9 Å². The molecular weight excluding hydrogens is 332 g/mol. The van der Waals surface area contributed by atoms with E-state index in [1.807, 2.05) is 0 Å². The minimum Gasteiger partial charge on any atom is -0.323 e. The number of hydrogen-bond donors (Lipinski definition) is 1. The Morgan fingerprint density at radius 3 is 2.14 bits per heavy atom. The van der Waals surface area contributed by atoms with Crippen molar-refractivity contribution in [1.82, 2.24) is 10.2 Å². The Balaban J connectivity index is 1.62. The summed E-state index contributed by atoms with van der Waals surface area (Å²) in [5, 5.41) is 4.04. The van der Waals surface area contributed by atoms with E-state index < -0.39 is 5.54 Å². The summed E-state index contributed by atoms with van der Waals surface area (Å²) in [5.74, 6) is 0.0299. The van der Waals surface area contributed by atoms with Crippen LogP contribution in [-0.2, 0) is 4.79 Å². The van der Waals surface area contributed by atoms with Crippen LogP contribution in [0.25, 0.3) is 0 Å². The zero-order valence-electron chi connectivity index (χ0n) is 12.8. The van der Waals surface area contributed by atoms with Gasteiger partial charge in [-0.2, -0.15) is 0 Å². The van der Waals surface area contributed by atoms with Crippen molar-refractivity contribution in [2.75, 3.05) is 11.9 Å². The van der Waals surface area contributed by atoms with Crippen LogP contribution in [0.5, 0.6) is 0 Å². The maximum atomic E-state index is 12.4. The van der Waals surface area contributed by atoms with E-state index >= 15 is 0 Å². The zero-order chi connectivity index (χ0) is 15.1. The molecule has 2 fully saturated rings. The molecule has 4 nitrogen and oxygen atoms in total. The molecule has 0 radical (unpaired) electrons. The maximum absolute atomic E-state index is 12.4. The number of halogens is 1. The van der Waals surface area contributed by atoms with E-state index in [-0.39, 0.29) is 11.9 Å². The summed E-state index contributed by atoms with van der Waals surface area (Å²) >= 11 is 3.44. The van der Waals surface area contributed by atoms with Gasteiger partial charge in [-0.15, -0.1) is 0 Å². The molecule has 2 rings (SSSR count). The Labute approximate surface area is 136 Å². The molecule has 5 heteroatoms. The van der Waals surface area contributed by atoms with E-state index in [2.05, 4.69) is 21.2 Å². The Bertz CT molecular complexity index is 367. The number of amides is 3. The minimum absolute atomic E-state index is 0.0299. The van der Waals surface area contributed by atoms with Gasteiger partial charge in [-0.05, 0) is 25.7 Å². The molecule has 120 valence electrons. The van der Waals surface area contributed by atoms with E-state index in [1.54, 1.807) is 0 Å². The van der Waals surface area contributed by atoms with Gasteiger partial charge in [0.1, 0.15) is 5.54 Å². The Hall–Kier alpha value is -0.580. The molecule has 1 aliphatic carbocycles. The average molecular weight is 359 g/mol. The Kier molecular flexibility index (Phi) is 6.52. The normalized spacial score (nSPS) is 20.5. The van der Waals surface area contributed by atoms with Gasteiger partial charge in [-0.3, -0.25) is 9.69 Å². The van der Waals surface area contributed by atoms with Crippen molar-refractivity contribution in [3.8, 4) is 0 Å². The number of carbonyl (C=O) groups is 2. The average Bonchev–Trinajstić information content (AvgIpc) is 3.02. The molecule has 21 heavy (non-hydrogen) atoms. The first-order valence-corrected chi connectivity index (χ1v) is 9.52. The molecule has 1 aliphatic heterocycles. The number of hydrogen-bond acceptors (Lipinski definition) is 2. The van der Waals surface area contributed by atoms with Crippen LogP contribution in [0.4, 0.5) is 4.79 Å². The fourth-order valence-corrected chi connectivity index (χ4v) is 3.84. The number of unbranched alkanes of at least 4 members (excludes halogenated alkanes) is 6. The second-order valence-corrected chi connectivity index (χ2v) is 7.13. The summed E-state index contributed by atoms with van der Waals surface area (Å²) in [6, 6.07) is -0.167. The first kappa shape index (κ1) is 16.8. The van der Waals surface area contributed by atoms with Gasteiger partial charge in [0.2, 0.25) is 0 Å². The van der Waals surface area contributed by atoms with E-state index in [0.29, 0.717) is 6.54 Å². The second-order valence-electron chi connectivity index (χ2n) is 6.34. The van der Waals surface area contributed by atoms with Crippen molar-refractivity contribution in [2.45, 2.75) is 76.2 Å². The first-order valence-electron chi connectivity index (χ1n) is 8.40. The summed E-state index contributed by atoms with van der Waals surface area (Å²) in [6.45, 7) is 0.591. The third kappa shape index (κ3) is 4.21. The number of carbonyl (C=O) groups excluding carboxylic acids is 2. The predicted molar refractivity (Wildman–Crippen MR) is 87.6 cm³/mol. The van der Waals surface area contributed by atoms with Gasteiger partial charge in [0.15, 0.2) is 0 Å². The van der Waals surface area contributed by atoms with Crippen molar-refractivity contribution < 1.29 is 9.59 Å². The largest absolute Gasteiger partial charge is 0.325 e. The quantitative estimate of drug-likeness (QED) is 0.385. The van der Waals surface area contributed by atoms with Crippen molar-refractivity contribution in [3.63, 3.8) is 0 Å². The lowest BCUT2D eigenvalue weighted by Crippen LogP contribution is -2.44. The molecule has 0 bridgehead atoms. The molecule has 1 saturated heterocycles. The fraction of sp³-hybridized carbons (Fsp3) is 0.875. The second kappa shape index (κ2) is 8.16. The summed E-state index contributed by atoms with van der Waals surface area (Å²) in [7, 11) is 0. The van der Waals surface area contributed by atoms with Crippen LogP contribution in [0.1, 0.15) is 70.6 Å². The Morgan fingerprint density at radius 1 is 0.952 bits per heavy atom. The highest BCUT2D eigenvalue weighted by Crippen LogP contribution is 2.35. The standard InChI is InChI=1S/C16H27BrN2O2/c17-12-8-4-2-1-3-5-9-13-19-14(20)16(18-15(19)21)10-6-7-11-16/h1-13H2,(H,18,21). The highest BCUT2D eigenvalue weighted by Gasteiger charge is 2.51. The summed E-state index contributed by atoms with van der Waals surface area (Å²) < 4.78 is 0. The number of nitrogens with zero attached hydrogens (tertiary/aromatic N) is 1. The smallest absolute Gasteiger partial charge is 0.323 e. The molecule has 2 aliphatic rings. The maximum Gasteiger partial charge on any atom is 0.325 e. The molecule has 1 N–H and O–H groups in total. The molecule has 3 amide bonds. The van der Waals surface area contributed by atoms with Crippen molar-refractivity contribution in [1.29, 1.82) is 0 Å². The monoisotopic (exact) mass is 358 g/mol. The van der Waals surface area contributed by atoms with E-state index in [1.165, 1.54) is 37.0 Å². The Morgan fingerprint density at radius 2 is 1.52 bits per heavy atom. The highest BCUT2D eigenvalue weighted by atomic mass is 79.9. The third-order valence-corrected chi connectivity index (χ3v) is 5.28. The molecule has 0 aromatic rings. The van der Waals surface area contributed by atoms with Gasteiger partial charge < -0.3 is 5.32 Å². The number of alkyl halides is 1. The zero-order valence-corrected chi connectivity index (χ0v) is 14.4. The van der Waals surface area contributed by atoms with Crippen LogP contribution in [0.2, 0.25) is 0 Å². The van der Waals surface area contributed by atoms with Crippen LogP contribution < -0.4 is 5.32 Å². The predicted octanol–water partition coefficient (Wildman–Crippen LogP) is 3.98. The van der Waals surface area contributed by atoms with Gasteiger partial charge in [-0.25, -0.2) is 4.79 Å². The van der Waals surface area contributed by atoms with Crippen molar-refractivity contribution in [3.05, 3.63) is 0 Å². The van der Waals surface area contributed by atoms with Gasteiger partial charge in [0.25, 0.3) is 5.91 Å². The summed E-state index contributed by atoms with van der Waals surface area (Å²) in [4.78, 5) is 25.8. The minimum atomic E-state index is -0.535. The SMILES string of the molecule is O=C1NC2(CCCC2)C(=O)N1CCCCCCCCCBr. The molecule has 1 saturated carbocycles. The number of rotatable bonds is 9. The molecule has 1 heterocycles. The highest BCUT2D eigenvalue weighted by molar-refractivity contribution is 9.09. The summed E-state index contributed by atoms with van der Waals surface area (Å²) in [6.07, 6.45) is 12.1. The van der Waals surface area contributed by atoms with E-state index in [0.717, 1.165) is 43.9 Å². The van der Waals surface area contributed by atoms with Crippen LogP contribution in [0.3, 0.4) is 0 Å². The molecule has 0 aromatic carbocycles. The lowest BCUT2D eigenvalue weighted by Gasteiger charge is -2.19. The first-order chi connectivity index (χ1) is 10.2. The van der Waals surface area contributed by atoms with Gasteiger partial charge in [0.05, 0.1) is 0 Å². The molecule has 0 unspecified atom stereocenters. The van der Waals surface area contributed by atoms with Crippen LogP contribution in [0, 0.1) is 0 Å². The molecular formula is C16H27BrN2O2. The topological polar surface area (TPSA) is 49.4 Å². The van der Waals surface area contributed by atoms with Gasteiger partial charge in [0, 0.05) is 11.9 Å². The molecule has 0 aromatic heterocycles. The van der Waals surface area contributed by atoms with Crippen LogP contribution in [0.15, 0.2) is 0 Å². The molecule has 0 atom stereocenters. The molecule has 1 spiro atoms. The number of imide groups is 1. The van der Waals surface area contributed by atoms with E-state index in [9.17, 15) is 9.59 Å². The lowest BCUT2D eigenvalue weighted by atomic mass is 9.98. The van der Waals surface area contributed by atoms with Crippen molar-refractivity contribution in [2.24, 2.45) is 0 Å². The third-order valence-electron chi connectivity index (χ3n) is 4.72.